The van der Waals surface area contributed by atoms with Crippen LogP contribution in [0.4, 0.5) is 0 Å². The van der Waals surface area contributed by atoms with Gasteiger partial charge in [-0.25, -0.2) is 4.79 Å². The lowest BCUT2D eigenvalue weighted by molar-refractivity contribution is -0.154. The van der Waals surface area contributed by atoms with Crippen LogP contribution in [0.25, 0.3) is 0 Å². The van der Waals surface area contributed by atoms with Crippen molar-refractivity contribution in [3.63, 3.8) is 0 Å². The summed E-state index contributed by atoms with van der Waals surface area (Å²) in [6.45, 7) is 0. The number of β-lactam (4-membered cyclic amide) rings is 1. The smallest absolute Gasteiger partial charge is 0.331 e. The highest BCUT2D eigenvalue weighted by Crippen LogP contribution is 2.14. The minimum Gasteiger partial charge on any atom is -0.467 e. The quantitative estimate of drug-likeness (QED) is 0.478. The number of methoxy groups -OCH3 is 1. The Balaban J connectivity index is 2.01. The molecule has 20 heavy (non-hydrogen) atoms. The van der Waals surface area contributed by atoms with E-state index in [1.54, 1.807) is 30.3 Å². The number of nitrogens with one attached hydrogen (secondary N) is 2. The second-order valence-corrected chi connectivity index (χ2v) is 4.31. The van der Waals surface area contributed by atoms with E-state index in [1.807, 2.05) is 0 Å². The van der Waals surface area contributed by atoms with Gasteiger partial charge in [0.25, 0.3) is 5.91 Å². The maximum atomic E-state index is 11.9. The molecule has 3 N–H and O–H groups in total. The van der Waals surface area contributed by atoms with Gasteiger partial charge in [-0.1, -0.05) is 30.3 Å². The molecule has 1 aromatic carbocycles. The summed E-state index contributed by atoms with van der Waals surface area (Å²) in [5.41, 5.74) is 0.402. The predicted molar refractivity (Wildman–Crippen MR) is 67.3 cm³/mol. The minimum absolute atomic E-state index is 0.402. The van der Waals surface area contributed by atoms with Gasteiger partial charge in [-0.2, -0.15) is 0 Å². The molecule has 1 fully saturated rings. The van der Waals surface area contributed by atoms with Gasteiger partial charge in [0.2, 0.25) is 5.91 Å². The summed E-state index contributed by atoms with van der Waals surface area (Å²) in [4.78, 5) is 34.5. The summed E-state index contributed by atoms with van der Waals surface area (Å²) < 4.78 is 4.49. The molecule has 7 heteroatoms. The molecule has 0 spiro atoms. The third-order valence-electron chi connectivity index (χ3n) is 3.03. The number of esters is 1. The van der Waals surface area contributed by atoms with Gasteiger partial charge in [0.15, 0.2) is 12.1 Å². The van der Waals surface area contributed by atoms with Gasteiger partial charge in [0.1, 0.15) is 6.04 Å². The maximum absolute atomic E-state index is 11.9. The monoisotopic (exact) mass is 278 g/mol. The van der Waals surface area contributed by atoms with Crippen molar-refractivity contribution in [1.82, 2.24) is 10.6 Å². The first-order chi connectivity index (χ1) is 9.54. The number of aliphatic hydroxyl groups is 1. The van der Waals surface area contributed by atoms with Crippen molar-refractivity contribution >= 4 is 17.8 Å². The van der Waals surface area contributed by atoms with Crippen LogP contribution < -0.4 is 10.6 Å². The lowest BCUT2D eigenvalue weighted by Crippen LogP contribution is -2.72. The van der Waals surface area contributed by atoms with Crippen molar-refractivity contribution in [2.45, 2.75) is 18.2 Å². The molecule has 1 heterocycles. The average Bonchev–Trinajstić information content (AvgIpc) is 2.49. The third kappa shape index (κ3) is 2.62. The highest BCUT2D eigenvalue weighted by atomic mass is 16.5. The Labute approximate surface area is 114 Å². The molecule has 3 unspecified atom stereocenters. The van der Waals surface area contributed by atoms with E-state index in [2.05, 4.69) is 15.4 Å². The zero-order valence-corrected chi connectivity index (χ0v) is 10.7. The average molecular weight is 278 g/mol. The molecule has 1 aromatic rings. The van der Waals surface area contributed by atoms with Crippen molar-refractivity contribution in [2.75, 3.05) is 7.11 Å². The van der Waals surface area contributed by atoms with Gasteiger partial charge in [-0.05, 0) is 5.56 Å². The zero-order chi connectivity index (χ0) is 14.7. The van der Waals surface area contributed by atoms with Crippen LogP contribution in [0.15, 0.2) is 30.3 Å². The SMILES string of the molecule is COC(=O)C1NC(=O)C1NC(=O)C(O)c1ccccc1. The van der Waals surface area contributed by atoms with E-state index in [4.69, 9.17) is 0 Å². The van der Waals surface area contributed by atoms with Crippen molar-refractivity contribution < 1.29 is 24.2 Å². The molecule has 1 saturated heterocycles. The standard InChI is InChI=1S/C13H14N2O5/c1-20-13(19)9-8(11(17)15-9)14-12(18)10(16)7-5-3-2-4-6-7/h2-6,8-10,16H,1H3,(H,14,18)(H,15,17). The molecular weight excluding hydrogens is 264 g/mol. The molecule has 1 aliphatic rings. The van der Waals surface area contributed by atoms with E-state index in [-0.39, 0.29) is 0 Å². The molecule has 0 saturated carbocycles. The van der Waals surface area contributed by atoms with Crippen molar-refractivity contribution in [3.8, 4) is 0 Å². The van der Waals surface area contributed by atoms with Crippen LogP contribution in [0.3, 0.4) is 0 Å². The number of carbonyl (C=O) groups is 3. The number of hydrogen-bond acceptors (Lipinski definition) is 5. The summed E-state index contributed by atoms with van der Waals surface area (Å²) in [5, 5.41) is 14.5. The van der Waals surface area contributed by atoms with Crippen LogP contribution in [0.2, 0.25) is 0 Å². The van der Waals surface area contributed by atoms with E-state index in [1.165, 1.54) is 7.11 Å². The van der Waals surface area contributed by atoms with E-state index in [0.717, 1.165) is 0 Å². The van der Waals surface area contributed by atoms with Gasteiger partial charge in [-0.3, -0.25) is 9.59 Å². The Morgan fingerprint density at radius 1 is 1.35 bits per heavy atom. The summed E-state index contributed by atoms with van der Waals surface area (Å²) in [6.07, 6.45) is -1.40. The Morgan fingerprint density at radius 2 is 2.00 bits per heavy atom. The van der Waals surface area contributed by atoms with Crippen LogP contribution in [0, 0.1) is 0 Å². The fourth-order valence-electron chi connectivity index (χ4n) is 1.87. The lowest BCUT2D eigenvalue weighted by atomic mass is 9.98. The van der Waals surface area contributed by atoms with E-state index in [9.17, 15) is 19.5 Å². The first-order valence-corrected chi connectivity index (χ1v) is 5.96. The van der Waals surface area contributed by atoms with Gasteiger partial charge < -0.3 is 20.5 Å². The molecular formula is C13H14N2O5. The fraction of sp³-hybridized carbons (Fsp3) is 0.308. The summed E-state index contributed by atoms with van der Waals surface area (Å²) >= 11 is 0. The summed E-state index contributed by atoms with van der Waals surface area (Å²) in [7, 11) is 1.19. The summed E-state index contributed by atoms with van der Waals surface area (Å²) in [5.74, 6) is -1.89. The second-order valence-electron chi connectivity index (χ2n) is 4.31. The van der Waals surface area contributed by atoms with Crippen LogP contribution in [0.5, 0.6) is 0 Å². The van der Waals surface area contributed by atoms with Gasteiger partial charge in [-0.15, -0.1) is 0 Å². The van der Waals surface area contributed by atoms with Gasteiger partial charge >= 0.3 is 5.97 Å². The van der Waals surface area contributed by atoms with Crippen LogP contribution in [0.1, 0.15) is 11.7 Å². The Bertz CT molecular complexity index is 531. The number of amides is 2. The molecule has 0 aliphatic carbocycles. The molecule has 1 aliphatic heterocycles. The van der Waals surface area contributed by atoms with Crippen LogP contribution in [-0.2, 0) is 19.1 Å². The zero-order valence-electron chi connectivity index (χ0n) is 10.7. The van der Waals surface area contributed by atoms with Crippen molar-refractivity contribution in [3.05, 3.63) is 35.9 Å². The van der Waals surface area contributed by atoms with E-state index < -0.39 is 36.0 Å². The largest absolute Gasteiger partial charge is 0.467 e. The Hall–Kier alpha value is -2.41. The topological polar surface area (TPSA) is 105 Å². The fourth-order valence-corrected chi connectivity index (χ4v) is 1.87. The lowest BCUT2D eigenvalue weighted by Gasteiger charge is -2.35. The molecule has 0 radical (unpaired) electrons. The minimum atomic E-state index is -1.40. The van der Waals surface area contributed by atoms with E-state index >= 15 is 0 Å². The second kappa shape index (κ2) is 5.70. The maximum Gasteiger partial charge on any atom is 0.331 e. The first-order valence-electron chi connectivity index (χ1n) is 5.96. The van der Waals surface area contributed by atoms with Crippen molar-refractivity contribution in [1.29, 1.82) is 0 Å². The van der Waals surface area contributed by atoms with Gasteiger partial charge in [0, 0.05) is 0 Å². The van der Waals surface area contributed by atoms with Gasteiger partial charge in [0.05, 0.1) is 7.11 Å². The van der Waals surface area contributed by atoms with E-state index in [0.29, 0.717) is 5.56 Å². The highest BCUT2D eigenvalue weighted by Gasteiger charge is 2.46. The molecule has 7 nitrogen and oxygen atoms in total. The van der Waals surface area contributed by atoms with Crippen LogP contribution in [-0.4, -0.2) is 42.1 Å². The van der Waals surface area contributed by atoms with Crippen molar-refractivity contribution in [2.24, 2.45) is 0 Å². The number of ether oxygens (including phenoxy) is 1. The first kappa shape index (κ1) is 14.0. The number of rotatable bonds is 4. The number of carbonyl (C=O) groups excluding carboxylic acids is 3. The summed E-state index contributed by atoms with van der Waals surface area (Å²) in [6, 6.07) is 6.35. The third-order valence-corrected chi connectivity index (χ3v) is 3.03. The normalized spacial score (nSPS) is 22.2. The molecule has 0 bridgehead atoms. The molecule has 2 rings (SSSR count). The molecule has 3 atom stereocenters. The highest BCUT2D eigenvalue weighted by molar-refractivity contribution is 6.02. The molecule has 106 valence electrons. The predicted octanol–water partition coefficient (Wildman–Crippen LogP) is -1.12. The number of hydrogen-bond donors (Lipinski definition) is 3. The number of aliphatic hydroxyl groups excluding tert-OH is 1. The Morgan fingerprint density at radius 3 is 2.55 bits per heavy atom. The molecule has 2 amide bonds. The Kier molecular flexibility index (Phi) is 3.99. The van der Waals surface area contributed by atoms with Crippen LogP contribution >= 0.6 is 0 Å². The molecule has 0 aromatic heterocycles. The number of benzene rings is 1.